The Labute approximate surface area is 147 Å². The van der Waals surface area contributed by atoms with E-state index < -0.39 is 29.1 Å². The largest absolute Gasteiger partial charge is 0.497 e. The second-order valence-electron chi connectivity index (χ2n) is 5.71. The van der Waals surface area contributed by atoms with Gasteiger partial charge in [-0.15, -0.1) is 0 Å². The van der Waals surface area contributed by atoms with Crippen molar-refractivity contribution in [3.05, 3.63) is 41.1 Å². The number of rotatable bonds is 5. The number of carbonyl (C=O) groups is 2. The summed E-state index contributed by atoms with van der Waals surface area (Å²) in [7, 11) is 1.49. The fourth-order valence-corrected chi connectivity index (χ4v) is 2.67. The number of methoxy groups -OCH3 is 1. The monoisotopic (exact) mass is 367 g/mol. The highest BCUT2D eigenvalue weighted by Gasteiger charge is 2.67. The maximum atomic E-state index is 13.6. The Balaban J connectivity index is 2.18. The standard InChI is InChI=1S/C17H16F3N3O3/c1-10-13(9-21)16(15(25)22-10,17(18,19)20)23-14(24)8-5-11-3-6-12(26-2)7-4-11/h3-4,6-7H,5,8H2,1-2H3,(H,22,25)(H,23,24). The summed E-state index contributed by atoms with van der Waals surface area (Å²) >= 11 is 0. The van der Waals surface area contributed by atoms with Crippen LogP contribution in [0, 0.1) is 11.3 Å². The summed E-state index contributed by atoms with van der Waals surface area (Å²) in [5.74, 6) is -1.87. The quantitative estimate of drug-likeness (QED) is 0.833. The Hall–Kier alpha value is -3.02. The van der Waals surface area contributed by atoms with Gasteiger partial charge in [0.2, 0.25) is 5.91 Å². The van der Waals surface area contributed by atoms with Crippen molar-refractivity contribution < 1.29 is 27.5 Å². The van der Waals surface area contributed by atoms with Gasteiger partial charge in [-0.1, -0.05) is 12.1 Å². The molecule has 0 radical (unpaired) electrons. The van der Waals surface area contributed by atoms with E-state index in [1.165, 1.54) is 20.1 Å². The van der Waals surface area contributed by atoms with Gasteiger partial charge < -0.3 is 15.4 Å². The number of halogens is 3. The van der Waals surface area contributed by atoms with Crippen molar-refractivity contribution in [2.24, 2.45) is 0 Å². The number of benzene rings is 1. The molecule has 6 nitrogen and oxygen atoms in total. The average Bonchev–Trinajstić information content (AvgIpc) is 2.83. The molecule has 0 aliphatic carbocycles. The van der Waals surface area contributed by atoms with Gasteiger partial charge in [-0.2, -0.15) is 18.4 Å². The highest BCUT2D eigenvalue weighted by Crippen LogP contribution is 2.40. The molecule has 0 bridgehead atoms. The third kappa shape index (κ3) is 3.35. The number of aryl methyl sites for hydroxylation is 1. The molecule has 1 aliphatic rings. The number of nitriles is 1. The molecule has 1 aliphatic heterocycles. The zero-order valence-electron chi connectivity index (χ0n) is 14.0. The van der Waals surface area contributed by atoms with Crippen molar-refractivity contribution in [3.63, 3.8) is 0 Å². The van der Waals surface area contributed by atoms with E-state index in [-0.39, 0.29) is 18.5 Å². The Morgan fingerprint density at radius 3 is 2.46 bits per heavy atom. The predicted molar refractivity (Wildman–Crippen MR) is 84.7 cm³/mol. The number of nitrogens with zero attached hydrogens (tertiary/aromatic N) is 1. The van der Waals surface area contributed by atoms with Crippen molar-refractivity contribution in [2.75, 3.05) is 7.11 Å². The van der Waals surface area contributed by atoms with Gasteiger partial charge in [0.25, 0.3) is 11.4 Å². The highest BCUT2D eigenvalue weighted by atomic mass is 19.4. The molecule has 0 saturated heterocycles. The third-order valence-corrected chi connectivity index (χ3v) is 4.06. The number of allylic oxidation sites excluding steroid dienone is 1. The van der Waals surface area contributed by atoms with E-state index in [4.69, 9.17) is 10.00 Å². The zero-order chi connectivity index (χ0) is 19.5. The van der Waals surface area contributed by atoms with Crippen LogP contribution >= 0.6 is 0 Å². The molecule has 1 unspecified atom stereocenters. The van der Waals surface area contributed by atoms with Crippen LogP contribution in [-0.4, -0.2) is 30.6 Å². The SMILES string of the molecule is COc1ccc(CCC(=O)NC2(C(F)(F)F)C(=O)NC(C)=C2C#N)cc1. The van der Waals surface area contributed by atoms with Crippen LogP contribution < -0.4 is 15.4 Å². The second-order valence-corrected chi connectivity index (χ2v) is 5.71. The van der Waals surface area contributed by atoms with Crippen LogP contribution in [0.5, 0.6) is 5.75 Å². The topological polar surface area (TPSA) is 91.2 Å². The lowest BCUT2D eigenvalue weighted by molar-refractivity contribution is -0.189. The summed E-state index contributed by atoms with van der Waals surface area (Å²) in [6.45, 7) is 1.17. The number of nitrogens with one attached hydrogen (secondary N) is 2. The van der Waals surface area contributed by atoms with Crippen molar-refractivity contribution in [3.8, 4) is 11.8 Å². The van der Waals surface area contributed by atoms with E-state index in [1.807, 2.05) is 5.32 Å². The fourth-order valence-electron chi connectivity index (χ4n) is 2.67. The Bertz CT molecular complexity index is 794. The van der Waals surface area contributed by atoms with Gasteiger partial charge in [0, 0.05) is 12.1 Å². The smallest absolute Gasteiger partial charge is 0.425 e. The summed E-state index contributed by atoms with van der Waals surface area (Å²) in [6.07, 6.45) is -5.28. The highest BCUT2D eigenvalue weighted by molar-refractivity contribution is 6.00. The van der Waals surface area contributed by atoms with Crippen LogP contribution in [0.15, 0.2) is 35.5 Å². The number of amides is 2. The number of hydrogen-bond donors (Lipinski definition) is 2. The zero-order valence-corrected chi connectivity index (χ0v) is 14.0. The first kappa shape index (κ1) is 19.3. The van der Waals surface area contributed by atoms with Crippen molar-refractivity contribution in [1.29, 1.82) is 5.26 Å². The Kier molecular flexibility index (Phi) is 5.25. The summed E-state index contributed by atoms with van der Waals surface area (Å²) in [6, 6.07) is 8.06. The van der Waals surface area contributed by atoms with E-state index in [2.05, 4.69) is 0 Å². The number of carbonyl (C=O) groups excluding carboxylic acids is 2. The molecule has 0 spiro atoms. The summed E-state index contributed by atoms with van der Waals surface area (Å²) in [4.78, 5) is 24.1. The van der Waals surface area contributed by atoms with Crippen LogP contribution in [0.25, 0.3) is 0 Å². The minimum atomic E-state index is -5.16. The maximum Gasteiger partial charge on any atom is 0.425 e. The van der Waals surface area contributed by atoms with Crippen molar-refractivity contribution >= 4 is 11.8 Å². The first-order valence-corrected chi connectivity index (χ1v) is 7.59. The predicted octanol–water partition coefficient (Wildman–Crippen LogP) is 1.97. The van der Waals surface area contributed by atoms with Gasteiger partial charge >= 0.3 is 6.18 Å². The van der Waals surface area contributed by atoms with Gasteiger partial charge in [-0.05, 0) is 31.0 Å². The Morgan fingerprint density at radius 2 is 1.96 bits per heavy atom. The third-order valence-electron chi connectivity index (χ3n) is 4.06. The molecular formula is C17H16F3N3O3. The molecular weight excluding hydrogens is 351 g/mol. The van der Waals surface area contributed by atoms with Gasteiger partial charge in [0.05, 0.1) is 18.8 Å². The van der Waals surface area contributed by atoms with E-state index in [0.29, 0.717) is 11.3 Å². The fraction of sp³-hybridized carbons (Fsp3) is 0.353. The normalized spacial score (nSPS) is 19.8. The van der Waals surface area contributed by atoms with E-state index in [1.54, 1.807) is 29.6 Å². The molecule has 1 heterocycles. The molecule has 2 N–H and O–H groups in total. The van der Waals surface area contributed by atoms with E-state index in [9.17, 15) is 22.8 Å². The first-order chi connectivity index (χ1) is 12.2. The number of ether oxygens (including phenoxy) is 1. The summed E-state index contributed by atoms with van der Waals surface area (Å²) in [5, 5.41) is 12.8. The molecule has 0 saturated carbocycles. The first-order valence-electron chi connectivity index (χ1n) is 7.59. The van der Waals surface area contributed by atoms with Crippen LogP contribution in [0.1, 0.15) is 18.9 Å². The Morgan fingerprint density at radius 1 is 1.35 bits per heavy atom. The second kappa shape index (κ2) is 7.07. The van der Waals surface area contributed by atoms with Crippen LogP contribution in [0.4, 0.5) is 13.2 Å². The molecule has 1 aromatic rings. The lowest BCUT2D eigenvalue weighted by atomic mass is 9.90. The van der Waals surface area contributed by atoms with Crippen molar-refractivity contribution in [1.82, 2.24) is 10.6 Å². The van der Waals surface area contributed by atoms with Crippen LogP contribution in [0.2, 0.25) is 0 Å². The molecule has 0 aromatic heterocycles. The molecule has 1 aromatic carbocycles. The van der Waals surface area contributed by atoms with Gasteiger partial charge in [-0.25, -0.2) is 0 Å². The minimum absolute atomic E-state index is 0.163. The average molecular weight is 367 g/mol. The number of alkyl halides is 3. The molecule has 26 heavy (non-hydrogen) atoms. The van der Waals surface area contributed by atoms with E-state index >= 15 is 0 Å². The van der Waals surface area contributed by atoms with Gasteiger partial charge in [0.1, 0.15) is 5.75 Å². The van der Waals surface area contributed by atoms with E-state index in [0.717, 1.165) is 0 Å². The minimum Gasteiger partial charge on any atom is -0.497 e. The van der Waals surface area contributed by atoms with Gasteiger partial charge in [0.15, 0.2) is 0 Å². The maximum absolute atomic E-state index is 13.6. The van der Waals surface area contributed by atoms with Crippen LogP contribution in [-0.2, 0) is 16.0 Å². The van der Waals surface area contributed by atoms with Crippen LogP contribution in [0.3, 0.4) is 0 Å². The molecule has 138 valence electrons. The molecule has 1 atom stereocenters. The molecule has 9 heteroatoms. The summed E-state index contributed by atoms with van der Waals surface area (Å²) in [5.41, 5.74) is -3.73. The van der Waals surface area contributed by atoms with Crippen molar-refractivity contribution in [2.45, 2.75) is 31.5 Å². The van der Waals surface area contributed by atoms with Gasteiger partial charge in [-0.3, -0.25) is 9.59 Å². The lowest BCUT2D eigenvalue weighted by Crippen LogP contribution is -2.64. The molecule has 2 amide bonds. The number of hydrogen-bond acceptors (Lipinski definition) is 4. The lowest BCUT2D eigenvalue weighted by Gasteiger charge is -2.30. The molecule has 0 fully saturated rings. The summed E-state index contributed by atoms with van der Waals surface area (Å²) < 4.78 is 45.8. The molecule has 2 rings (SSSR count).